The minimum absolute atomic E-state index is 0.454. The number of hydrogen-bond donors (Lipinski definition) is 0. The van der Waals surface area contributed by atoms with Gasteiger partial charge in [-0.3, -0.25) is 8.37 Å². The normalized spacial score (nSPS) is 21.0. The highest BCUT2D eigenvalue weighted by Crippen LogP contribution is 2.24. The monoisotopic (exact) mass is 148 g/mol. The molecule has 0 heterocycles. The Balaban J connectivity index is 1.98. The maximum Gasteiger partial charge on any atom is 0.158 e. The van der Waals surface area contributed by atoms with E-state index in [1.807, 2.05) is 0 Å². The highest BCUT2D eigenvalue weighted by molar-refractivity contribution is 7.89. The Labute approximate surface area is 60.3 Å². The van der Waals surface area contributed by atoms with E-state index < -0.39 is 0 Å². The van der Waals surface area contributed by atoms with Gasteiger partial charge in [0.2, 0.25) is 0 Å². The molecular weight excluding hydrogens is 136 g/mol. The molecule has 0 N–H and O–H groups in total. The van der Waals surface area contributed by atoms with Crippen molar-refractivity contribution in [3.63, 3.8) is 0 Å². The average molecular weight is 148 g/mol. The third-order valence-corrected chi connectivity index (χ3v) is 2.03. The molecule has 0 spiro atoms. The molecule has 3 heteroatoms. The molecule has 1 aliphatic carbocycles. The van der Waals surface area contributed by atoms with Gasteiger partial charge in [0.25, 0.3) is 0 Å². The lowest BCUT2D eigenvalue weighted by molar-refractivity contribution is 0.225. The van der Waals surface area contributed by atoms with Gasteiger partial charge in [0.05, 0.1) is 13.2 Å². The van der Waals surface area contributed by atoms with Gasteiger partial charge in [0, 0.05) is 0 Å². The quantitative estimate of drug-likeness (QED) is 0.571. The van der Waals surface area contributed by atoms with Crippen molar-refractivity contribution in [2.75, 3.05) is 7.11 Å². The largest absolute Gasteiger partial charge is 0.295 e. The highest BCUT2D eigenvalue weighted by Gasteiger charge is 2.15. The van der Waals surface area contributed by atoms with Crippen molar-refractivity contribution >= 4 is 12.3 Å². The van der Waals surface area contributed by atoms with E-state index in [4.69, 9.17) is 8.37 Å². The zero-order chi connectivity index (χ0) is 6.53. The fourth-order valence-electron chi connectivity index (χ4n) is 1.08. The summed E-state index contributed by atoms with van der Waals surface area (Å²) in [5.41, 5.74) is 0. The summed E-state index contributed by atoms with van der Waals surface area (Å²) >= 11 is 1.11. The molecule has 54 valence electrons. The third-order valence-electron chi connectivity index (χ3n) is 1.55. The maximum absolute atomic E-state index is 5.25. The van der Waals surface area contributed by atoms with Crippen LogP contribution in [0.1, 0.15) is 25.7 Å². The minimum atomic E-state index is 0.454. The lowest BCUT2D eigenvalue weighted by Crippen LogP contribution is -2.00. The lowest BCUT2D eigenvalue weighted by Gasteiger charge is -2.05. The molecule has 1 aliphatic rings. The fraction of sp³-hybridized carbons (Fsp3) is 1.00. The summed E-state index contributed by atoms with van der Waals surface area (Å²) < 4.78 is 9.94. The van der Waals surface area contributed by atoms with Crippen LogP contribution in [0.15, 0.2) is 0 Å². The molecule has 0 bridgehead atoms. The lowest BCUT2D eigenvalue weighted by atomic mass is 10.3. The van der Waals surface area contributed by atoms with Crippen LogP contribution in [0.5, 0.6) is 0 Å². The van der Waals surface area contributed by atoms with E-state index in [1.54, 1.807) is 7.11 Å². The zero-order valence-corrected chi connectivity index (χ0v) is 6.45. The van der Waals surface area contributed by atoms with Gasteiger partial charge in [0.1, 0.15) is 0 Å². The van der Waals surface area contributed by atoms with Gasteiger partial charge in [0.15, 0.2) is 12.3 Å². The summed E-state index contributed by atoms with van der Waals surface area (Å²) in [6.07, 6.45) is 5.49. The van der Waals surface area contributed by atoms with E-state index in [2.05, 4.69) is 0 Å². The van der Waals surface area contributed by atoms with Gasteiger partial charge >= 0.3 is 0 Å². The van der Waals surface area contributed by atoms with E-state index in [0.29, 0.717) is 6.10 Å². The second-order valence-electron chi connectivity index (χ2n) is 2.24. The highest BCUT2D eigenvalue weighted by atomic mass is 32.2. The average Bonchev–Trinajstić information content (AvgIpc) is 2.34. The Morgan fingerprint density at radius 2 is 2.00 bits per heavy atom. The van der Waals surface area contributed by atoms with E-state index >= 15 is 0 Å². The Morgan fingerprint density at radius 3 is 2.56 bits per heavy atom. The molecule has 0 radical (unpaired) electrons. The Hall–Kier alpha value is 0.270. The Bertz CT molecular complexity index is 71.5. The Morgan fingerprint density at radius 1 is 1.33 bits per heavy atom. The summed E-state index contributed by atoms with van der Waals surface area (Å²) in [5, 5.41) is 0. The van der Waals surface area contributed by atoms with Gasteiger partial charge in [-0.25, -0.2) is 0 Å². The van der Waals surface area contributed by atoms with Crippen LogP contribution < -0.4 is 0 Å². The van der Waals surface area contributed by atoms with Gasteiger partial charge in [-0.2, -0.15) is 0 Å². The zero-order valence-electron chi connectivity index (χ0n) is 5.63. The van der Waals surface area contributed by atoms with Crippen LogP contribution in [-0.2, 0) is 8.37 Å². The van der Waals surface area contributed by atoms with Crippen LogP contribution >= 0.6 is 12.3 Å². The van der Waals surface area contributed by atoms with Crippen LogP contribution in [0.25, 0.3) is 0 Å². The molecule has 2 nitrogen and oxygen atoms in total. The summed E-state index contributed by atoms with van der Waals surface area (Å²) in [6.45, 7) is 0. The van der Waals surface area contributed by atoms with Crippen LogP contribution in [0.2, 0.25) is 0 Å². The van der Waals surface area contributed by atoms with Crippen molar-refractivity contribution in [3.8, 4) is 0 Å². The molecular formula is C6H12O2S. The van der Waals surface area contributed by atoms with Crippen molar-refractivity contribution in [1.29, 1.82) is 0 Å². The van der Waals surface area contributed by atoms with E-state index in [0.717, 1.165) is 12.3 Å². The molecule has 0 aromatic rings. The van der Waals surface area contributed by atoms with Crippen LogP contribution in [-0.4, -0.2) is 13.2 Å². The van der Waals surface area contributed by atoms with Crippen LogP contribution in [0.3, 0.4) is 0 Å². The molecule has 1 saturated carbocycles. The second-order valence-corrected chi connectivity index (χ2v) is 2.90. The Kier molecular flexibility index (Phi) is 3.40. The molecule has 1 fully saturated rings. The molecule has 0 saturated heterocycles. The first-order valence-electron chi connectivity index (χ1n) is 3.29. The molecule has 0 aromatic heterocycles. The third kappa shape index (κ3) is 2.56. The van der Waals surface area contributed by atoms with E-state index in [9.17, 15) is 0 Å². The summed E-state index contributed by atoms with van der Waals surface area (Å²) in [4.78, 5) is 0. The van der Waals surface area contributed by atoms with Crippen molar-refractivity contribution in [3.05, 3.63) is 0 Å². The predicted octanol–water partition coefficient (Wildman–Crippen LogP) is 2.16. The van der Waals surface area contributed by atoms with E-state index in [-0.39, 0.29) is 0 Å². The topological polar surface area (TPSA) is 18.5 Å². The van der Waals surface area contributed by atoms with Crippen molar-refractivity contribution in [2.24, 2.45) is 0 Å². The number of hydrogen-bond acceptors (Lipinski definition) is 3. The molecule has 0 atom stereocenters. The van der Waals surface area contributed by atoms with Gasteiger partial charge in [-0.15, -0.1) is 0 Å². The summed E-state index contributed by atoms with van der Waals surface area (Å²) in [6, 6.07) is 0. The second kappa shape index (κ2) is 4.14. The SMILES string of the molecule is COSOC1CCCC1. The van der Waals surface area contributed by atoms with Gasteiger partial charge in [-0.05, 0) is 12.8 Å². The molecule has 0 unspecified atom stereocenters. The van der Waals surface area contributed by atoms with Crippen LogP contribution in [0, 0.1) is 0 Å². The molecule has 0 aliphatic heterocycles. The van der Waals surface area contributed by atoms with Gasteiger partial charge < -0.3 is 0 Å². The molecule has 0 amide bonds. The molecule has 0 aromatic carbocycles. The smallest absolute Gasteiger partial charge is 0.158 e. The first-order chi connectivity index (χ1) is 4.43. The maximum atomic E-state index is 5.25. The first-order valence-corrected chi connectivity index (χ1v) is 3.96. The predicted molar refractivity (Wildman–Crippen MR) is 37.9 cm³/mol. The van der Waals surface area contributed by atoms with Crippen molar-refractivity contribution in [1.82, 2.24) is 0 Å². The standard InChI is InChI=1S/C6H12O2S/c1-7-9-8-6-4-2-3-5-6/h6H,2-5H2,1H3. The van der Waals surface area contributed by atoms with Gasteiger partial charge in [-0.1, -0.05) is 12.8 Å². The molecule has 1 rings (SSSR count). The first kappa shape index (κ1) is 7.38. The summed E-state index contributed by atoms with van der Waals surface area (Å²) in [7, 11) is 1.62. The minimum Gasteiger partial charge on any atom is -0.295 e. The fourth-order valence-corrected chi connectivity index (χ4v) is 1.46. The van der Waals surface area contributed by atoms with Crippen LogP contribution in [0.4, 0.5) is 0 Å². The molecule has 9 heavy (non-hydrogen) atoms. The van der Waals surface area contributed by atoms with Crippen molar-refractivity contribution in [2.45, 2.75) is 31.8 Å². The number of rotatable bonds is 3. The van der Waals surface area contributed by atoms with Crippen molar-refractivity contribution < 1.29 is 8.37 Å². The summed E-state index contributed by atoms with van der Waals surface area (Å²) in [5.74, 6) is 0. The van der Waals surface area contributed by atoms with E-state index in [1.165, 1.54) is 25.7 Å².